The maximum atomic E-state index is 5.81. The predicted octanol–water partition coefficient (Wildman–Crippen LogP) is 3.03. The Balaban J connectivity index is 1.37. The van der Waals surface area contributed by atoms with E-state index in [4.69, 9.17) is 9.47 Å². The van der Waals surface area contributed by atoms with Gasteiger partial charge in [-0.1, -0.05) is 30.3 Å². The van der Waals surface area contributed by atoms with Gasteiger partial charge in [-0.3, -0.25) is 0 Å². The minimum atomic E-state index is 0.469. The lowest BCUT2D eigenvalue weighted by atomic mass is 10.2. The van der Waals surface area contributed by atoms with Crippen molar-refractivity contribution in [2.24, 2.45) is 0 Å². The molecular formula is C20H21N5O2. The van der Waals surface area contributed by atoms with E-state index in [-0.39, 0.29) is 0 Å². The quantitative estimate of drug-likeness (QED) is 0.722. The number of aromatic nitrogens is 3. The van der Waals surface area contributed by atoms with Crippen molar-refractivity contribution in [1.29, 1.82) is 0 Å². The maximum absolute atomic E-state index is 5.81. The lowest BCUT2D eigenvalue weighted by Crippen LogP contribution is -2.36. The van der Waals surface area contributed by atoms with Crippen molar-refractivity contribution in [2.75, 3.05) is 36.5 Å². The third kappa shape index (κ3) is 4.71. The topological polar surface area (TPSA) is 72.4 Å². The molecule has 1 N–H and O–H groups in total. The molecule has 2 aromatic carbocycles. The second-order valence-electron chi connectivity index (χ2n) is 6.16. The highest BCUT2D eigenvalue weighted by molar-refractivity contribution is 5.55. The Morgan fingerprint density at radius 1 is 1.00 bits per heavy atom. The SMILES string of the molecule is c1ccc(COc2ccc(Nc3nncc(N4CCOCC4)n3)cc2)cc1. The fourth-order valence-corrected chi connectivity index (χ4v) is 2.80. The number of rotatable bonds is 6. The highest BCUT2D eigenvalue weighted by Crippen LogP contribution is 2.20. The monoisotopic (exact) mass is 363 g/mol. The molecule has 1 fully saturated rings. The van der Waals surface area contributed by atoms with Crippen LogP contribution < -0.4 is 15.0 Å². The van der Waals surface area contributed by atoms with Crippen molar-refractivity contribution in [3.05, 3.63) is 66.4 Å². The molecule has 7 nitrogen and oxygen atoms in total. The van der Waals surface area contributed by atoms with E-state index >= 15 is 0 Å². The van der Waals surface area contributed by atoms with E-state index in [0.29, 0.717) is 25.8 Å². The van der Waals surface area contributed by atoms with Crippen molar-refractivity contribution in [3.8, 4) is 5.75 Å². The average molecular weight is 363 g/mol. The van der Waals surface area contributed by atoms with Crippen LogP contribution in [0.1, 0.15) is 5.56 Å². The Labute approximate surface area is 158 Å². The molecule has 1 aliphatic rings. The maximum Gasteiger partial charge on any atom is 0.249 e. The molecule has 0 atom stereocenters. The zero-order chi connectivity index (χ0) is 18.3. The molecule has 0 saturated carbocycles. The van der Waals surface area contributed by atoms with Crippen molar-refractivity contribution >= 4 is 17.5 Å². The summed E-state index contributed by atoms with van der Waals surface area (Å²) in [4.78, 5) is 6.69. The minimum absolute atomic E-state index is 0.469. The fraction of sp³-hybridized carbons (Fsp3) is 0.250. The molecule has 0 radical (unpaired) electrons. The molecule has 7 heteroatoms. The molecule has 4 rings (SSSR count). The highest BCUT2D eigenvalue weighted by Gasteiger charge is 2.13. The van der Waals surface area contributed by atoms with Crippen LogP contribution in [0.3, 0.4) is 0 Å². The van der Waals surface area contributed by atoms with Gasteiger partial charge in [0.2, 0.25) is 5.95 Å². The van der Waals surface area contributed by atoms with E-state index in [1.54, 1.807) is 6.20 Å². The van der Waals surface area contributed by atoms with Gasteiger partial charge in [-0.05, 0) is 29.8 Å². The molecule has 2 heterocycles. The smallest absolute Gasteiger partial charge is 0.249 e. The van der Waals surface area contributed by atoms with E-state index in [9.17, 15) is 0 Å². The van der Waals surface area contributed by atoms with Crippen LogP contribution in [0.2, 0.25) is 0 Å². The van der Waals surface area contributed by atoms with Crippen LogP contribution in [-0.2, 0) is 11.3 Å². The van der Waals surface area contributed by atoms with Gasteiger partial charge in [0.1, 0.15) is 12.4 Å². The lowest BCUT2D eigenvalue weighted by molar-refractivity contribution is 0.122. The Morgan fingerprint density at radius 2 is 1.78 bits per heavy atom. The van der Waals surface area contributed by atoms with Gasteiger partial charge >= 0.3 is 0 Å². The summed E-state index contributed by atoms with van der Waals surface area (Å²) in [6.45, 7) is 3.58. The van der Waals surface area contributed by atoms with Crippen molar-refractivity contribution in [3.63, 3.8) is 0 Å². The minimum Gasteiger partial charge on any atom is -0.489 e. The van der Waals surface area contributed by atoms with Crippen LogP contribution in [0, 0.1) is 0 Å². The van der Waals surface area contributed by atoms with E-state index in [1.807, 2.05) is 54.6 Å². The van der Waals surface area contributed by atoms with Gasteiger partial charge in [0.25, 0.3) is 0 Å². The zero-order valence-corrected chi connectivity index (χ0v) is 14.9. The van der Waals surface area contributed by atoms with Gasteiger partial charge < -0.3 is 19.7 Å². The number of nitrogens with zero attached hydrogens (tertiary/aromatic N) is 4. The van der Waals surface area contributed by atoms with E-state index in [0.717, 1.165) is 35.9 Å². The summed E-state index contributed by atoms with van der Waals surface area (Å²) >= 11 is 0. The predicted molar refractivity (Wildman–Crippen MR) is 103 cm³/mol. The second kappa shape index (κ2) is 8.46. The van der Waals surface area contributed by atoms with Crippen molar-refractivity contribution < 1.29 is 9.47 Å². The largest absolute Gasteiger partial charge is 0.489 e. The summed E-state index contributed by atoms with van der Waals surface area (Å²) in [6, 6.07) is 17.8. The van der Waals surface area contributed by atoms with Crippen molar-refractivity contribution in [2.45, 2.75) is 6.61 Å². The first kappa shape index (κ1) is 17.2. The molecule has 0 unspecified atom stereocenters. The normalized spacial score (nSPS) is 14.0. The molecule has 0 spiro atoms. The average Bonchev–Trinajstić information content (AvgIpc) is 2.75. The molecule has 27 heavy (non-hydrogen) atoms. The molecule has 1 aromatic heterocycles. The fourth-order valence-electron chi connectivity index (χ4n) is 2.80. The molecule has 138 valence electrons. The Kier molecular flexibility index (Phi) is 5.40. The van der Waals surface area contributed by atoms with E-state index < -0.39 is 0 Å². The Morgan fingerprint density at radius 3 is 2.56 bits per heavy atom. The standard InChI is InChI=1S/C20H21N5O2/c1-2-4-16(5-3-1)15-27-18-8-6-17(7-9-18)22-20-23-19(14-21-24-20)25-10-12-26-13-11-25/h1-9,14H,10-13,15H2,(H,22,23,24). The van der Waals surface area contributed by atoms with E-state index in [1.165, 1.54) is 0 Å². The van der Waals surface area contributed by atoms with Gasteiger partial charge in [-0.25, -0.2) is 0 Å². The Hall–Kier alpha value is -3.19. The van der Waals surface area contributed by atoms with Crippen LogP contribution in [0.5, 0.6) is 5.75 Å². The zero-order valence-electron chi connectivity index (χ0n) is 14.9. The van der Waals surface area contributed by atoms with Crippen LogP contribution >= 0.6 is 0 Å². The molecule has 0 bridgehead atoms. The van der Waals surface area contributed by atoms with Crippen LogP contribution in [0.15, 0.2) is 60.8 Å². The summed E-state index contributed by atoms with van der Waals surface area (Å²) < 4.78 is 11.2. The number of hydrogen-bond acceptors (Lipinski definition) is 7. The highest BCUT2D eigenvalue weighted by atomic mass is 16.5. The number of benzene rings is 2. The molecule has 3 aromatic rings. The number of hydrogen-bond donors (Lipinski definition) is 1. The summed E-state index contributed by atoms with van der Waals surface area (Å²) in [5, 5.41) is 11.3. The number of morpholine rings is 1. The van der Waals surface area contributed by atoms with Gasteiger partial charge in [0.15, 0.2) is 5.82 Å². The first-order chi connectivity index (χ1) is 13.4. The molecule has 1 saturated heterocycles. The van der Waals surface area contributed by atoms with Gasteiger partial charge in [-0.15, -0.1) is 5.10 Å². The van der Waals surface area contributed by atoms with Crippen molar-refractivity contribution in [1.82, 2.24) is 15.2 Å². The van der Waals surface area contributed by atoms with E-state index in [2.05, 4.69) is 25.4 Å². The summed E-state index contributed by atoms with van der Waals surface area (Å²) in [7, 11) is 0. The molecule has 0 amide bonds. The van der Waals surface area contributed by atoms with Crippen LogP contribution in [0.4, 0.5) is 17.5 Å². The lowest BCUT2D eigenvalue weighted by Gasteiger charge is -2.27. The first-order valence-electron chi connectivity index (χ1n) is 8.93. The summed E-state index contributed by atoms with van der Waals surface area (Å²) in [5.74, 6) is 2.08. The summed E-state index contributed by atoms with van der Waals surface area (Å²) in [6.07, 6.45) is 1.68. The van der Waals surface area contributed by atoms with Crippen LogP contribution in [0.25, 0.3) is 0 Å². The number of ether oxygens (including phenoxy) is 2. The Bertz CT molecular complexity index is 852. The molecule has 0 aliphatic carbocycles. The second-order valence-corrected chi connectivity index (χ2v) is 6.16. The molecular weight excluding hydrogens is 342 g/mol. The third-order valence-corrected chi connectivity index (χ3v) is 4.24. The summed E-state index contributed by atoms with van der Waals surface area (Å²) in [5.41, 5.74) is 2.02. The third-order valence-electron chi connectivity index (χ3n) is 4.24. The number of anilines is 3. The van der Waals surface area contributed by atoms with Gasteiger partial charge in [-0.2, -0.15) is 10.1 Å². The van der Waals surface area contributed by atoms with Gasteiger partial charge in [0.05, 0.1) is 19.4 Å². The first-order valence-corrected chi connectivity index (χ1v) is 8.93. The van der Waals surface area contributed by atoms with Crippen LogP contribution in [-0.4, -0.2) is 41.5 Å². The van der Waals surface area contributed by atoms with Gasteiger partial charge in [0, 0.05) is 18.8 Å². The molecule has 1 aliphatic heterocycles. The number of nitrogens with one attached hydrogen (secondary N) is 1.